The SMILES string of the molecule is COC(=O)[C@]1(CO)N[C@@H](c2cccc(F)c2)[C@H]2C(=O)N(c3ccccc3)C(=O)[C@H]21. The molecule has 2 heterocycles. The summed E-state index contributed by atoms with van der Waals surface area (Å²) in [6.07, 6.45) is 0. The summed E-state index contributed by atoms with van der Waals surface area (Å²) in [5, 5.41) is 13.0. The molecule has 0 spiro atoms. The van der Waals surface area contributed by atoms with E-state index in [9.17, 15) is 23.9 Å². The molecule has 0 saturated carbocycles. The van der Waals surface area contributed by atoms with Crippen molar-refractivity contribution in [2.45, 2.75) is 11.6 Å². The number of benzene rings is 2. The number of aliphatic hydroxyl groups is 1. The molecule has 2 aliphatic rings. The summed E-state index contributed by atoms with van der Waals surface area (Å²) in [4.78, 5) is 40.3. The summed E-state index contributed by atoms with van der Waals surface area (Å²) in [6, 6.07) is 13.1. The van der Waals surface area contributed by atoms with E-state index in [0.717, 1.165) is 12.0 Å². The van der Waals surface area contributed by atoms with Gasteiger partial charge in [0, 0.05) is 6.04 Å². The van der Waals surface area contributed by atoms with Gasteiger partial charge in [-0.1, -0.05) is 30.3 Å². The van der Waals surface area contributed by atoms with Gasteiger partial charge in [-0.3, -0.25) is 14.9 Å². The average molecular weight is 398 g/mol. The lowest BCUT2D eigenvalue weighted by molar-refractivity contribution is -0.154. The second-order valence-electron chi connectivity index (χ2n) is 7.15. The Morgan fingerprint density at radius 1 is 1.17 bits per heavy atom. The molecule has 0 radical (unpaired) electrons. The predicted octanol–water partition coefficient (Wildman–Crippen LogP) is 1.18. The standard InChI is InChI=1S/C21H19FN2O5/c1-29-20(28)21(11-25)16-15(17(23-21)12-6-5-7-13(22)10-12)18(26)24(19(16)27)14-8-3-2-4-9-14/h2-10,15-17,23,25H,11H2,1H3/t15-,16-,17-,21+/m0/s1. The maximum atomic E-state index is 13.8. The molecule has 0 bridgehead atoms. The van der Waals surface area contributed by atoms with Gasteiger partial charge in [0.2, 0.25) is 11.8 Å². The number of nitrogens with zero attached hydrogens (tertiary/aromatic N) is 1. The van der Waals surface area contributed by atoms with Crippen molar-refractivity contribution in [3.05, 3.63) is 66.0 Å². The highest BCUT2D eigenvalue weighted by Crippen LogP contribution is 2.50. The molecule has 0 aliphatic carbocycles. The van der Waals surface area contributed by atoms with E-state index in [0.29, 0.717) is 11.3 Å². The van der Waals surface area contributed by atoms with Crippen molar-refractivity contribution in [2.24, 2.45) is 11.8 Å². The van der Waals surface area contributed by atoms with Crippen molar-refractivity contribution in [3.8, 4) is 0 Å². The number of rotatable bonds is 4. The highest BCUT2D eigenvalue weighted by molar-refractivity contribution is 6.24. The van der Waals surface area contributed by atoms with Crippen molar-refractivity contribution in [1.29, 1.82) is 0 Å². The summed E-state index contributed by atoms with van der Waals surface area (Å²) in [5.41, 5.74) is -1.05. The molecule has 2 saturated heterocycles. The molecular weight excluding hydrogens is 379 g/mol. The molecule has 2 fully saturated rings. The van der Waals surface area contributed by atoms with Crippen LogP contribution in [0.25, 0.3) is 0 Å². The van der Waals surface area contributed by atoms with Gasteiger partial charge in [0.25, 0.3) is 0 Å². The lowest BCUT2D eigenvalue weighted by Gasteiger charge is -2.30. The molecule has 2 aromatic carbocycles. The fraction of sp³-hybridized carbons (Fsp3) is 0.286. The molecule has 2 aliphatic heterocycles. The number of ether oxygens (including phenoxy) is 1. The molecule has 4 atom stereocenters. The largest absolute Gasteiger partial charge is 0.468 e. The minimum Gasteiger partial charge on any atom is -0.468 e. The number of carbonyl (C=O) groups excluding carboxylic acids is 3. The molecule has 7 nitrogen and oxygen atoms in total. The van der Waals surface area contributed by atoms with E-state index in [1.807, 2.05) is 0 Å². The number of anilines is 1. The third-order valence-corrected chi connectivity index (χ3v) is 5.68. The number of fused-ring (bicyclic) bond motifs is 1. The quantitative estimate of drug-likeness (QED) is 0.593. The van der Waals surface area contributed by atoms with Crippen LogP contribution >= 0.6 is 0 Å². The summed E-state index contributed by atoms with van der Waals surface area (Å²) >= 11 is 0. The third kappa shape index (κ3) is 2.75. The van der Waals surface area contributed by atoms with E-state index < -0.39 is 53.6 Å². The van der Waals surface area contributed by atoms with Gasteiger partial charge in [-0.15, -0.1) is 0 Å². The minimum atomic E-state index is -1.81. The second-order valence-corrected chi connectivity index (χ2v) is 7.15. The molecule has 150 valence electrons. The fourth-order valence-electron chi connectivity index (χ4n) is 4.40. The zero-order chi connectivity index (χ0) is 20.8. The number of esters is 1. The first-order valence-electron chi connectivity index (χ1n) is 9.10. The van der Waals surface area contributed by atoms with Gasteiger partial charge in [0.1, 0.15) is 5.82 Å². The highest BCUT2D eigenvalue weighted by atomic mass is 19.1. The molecule has 8 heteroatoms. The summed E-state index contributed by atoms with van der Waals surface area (Å²) in [5.74, 6) is -4.71. The lowest BCUT2D eigenvalue weighted by atomic mass is 9.79. The zero-order valence-corrected chi connectivity index (χ0v) is 15.5. The molecule has 0 aromatic heterocycles. The van der Waals surface area contributed by atoms with Crippen LogP contribution in [0.15, 0.2) is 54.6 Å². The van der Waals surface area contributed by atoms with E-state index in [1.54, 1.807) is 36.4 Å². The number of imide groups is 1. The summed E-state index contributed by atoms with van der Waals surface area (Å²) in [6.45, 7) is -0.756. The number of nitrogens with one attached hydrogen (secondary N) is 1. The Hall–Kier alpha value is -3.10. The molecule has 4 rings (SSSR count). The van der Waals surface area contributed by atoms with E-state index in [1.165, 1.54) is 18.2 Å². The summed E-state index contributed by atoms with van der Waals surface area (Å²) < 4.78 is 18.7. The van der Waals surface area contributed by atoms with Crippen LogP contribution in [0.5, 0.6) is 0 Å². The number of hydrogen-bond donors (Lipinski definition) is 2. The smallest absolute Gasteiger partial charge is 0.329 e. The van der Waals surface area contributed by atoms with E-state index in [4.69, 9.17) is 4.74 Å². The van der Waals surface area contributed by atoms with Crippen molar-refractivity contribution >= 4 is 23.5 Å². The van der Waals surface area contributed by atoms with Crippen LogP contribution in [-0.2, 0) is 19.1 Å². The number of methoxy groups -OCH3 is 1. The molecule has 2 aromatic rings. The minimum absolute atomic E-state index is 0.367. The van der Waals surface area contributed by atoms with Gasteiger partial charge in [-0.25, -0.2) is 14.1 Å². The number of amides is 2. The fourth-order valence-corrected chi connectivity index (χ4v) is 4.40. The Morgan fingerprint density at radius 3 is 2.52 bits per heavy atom. The maximum Gasteiger partial charge on any atom is 0.329 e. The Labute approximate surface area is 166 Å². The number of halogens is 1. The Kier molecular flexibility index (Phi) is 4.68. The zero-order valence-electron chi connectivity index (χ0n) is 15.5. The highest BCUT2D eigenvalue weighted by Gasteiger charge is 2.69. The van der Waals surface area contributed by atoms with E-state index >= 15 is 0 Å². The van der Waals surface area contributed by atoms with Crippen LogP contribution in [0, 0.1) is 17.7 Å². The maximum absolute atomic E-state index is 13.8. The van der Waals surface area contributed by atoms with Gasteiger partial charge in [-0.2, -0.15) is 0 Å². The third-order valence-electron chi connectivity index (χ3n) is 5.68. The van der Waals surface area contributed by atoms with Crippen molar-refractivity contribution in [3.63, 3.8) is 0 Å². The van der Waals surface area contributed by atoms with Crippen molar-refractivity contribution < 1.29 is 28.6 Å². The van der Waals surface area contributed by atoms with Gasteiger partial charge in [-0.05, 0) is 29.8 Å². The number of carbonyl (C=O) groups is 3. The number of hydrogen-bond acceptors (Lipinski definition) is 6. The van der Waals surface area contributed by atoms with E-state index in [2.05, 4.69) is 5.32 Å². The average Bonchev–Trinajstić information content (AvgIpc) is 3.22. The van der Waals surface area contributed by atoms with Crippen LogP contribution < -0.4 is 10.2 Å². The monoisotopic (exact) mass is 398 g/mol. The molecule has 2 amide bonds. The first-order valence-corrected chi connectivity index (χ1v) is 9.10. The van der Waals surface area contributed by atoms with Gasteiger partial charge < -0.3 is 9.84 Å². The van der Waals surface area contributed by atoms with Crippen LogP contribution in [0.3, 0.4) is 0 Å². The van der Waals surface area contributed by atoms with Gasteiger partial charge >= 0.3 is 5.97 Å². The van der Waals surface area contributed by atoms with Crippen LogP contribution in [0.4, 0.5) is 10.1 Å². The topological polar surface area (TPSA) is 95.9 Å². The van der Waals surface area contributed by atoms with Crippen LogP contribution in [0.1, 0.15) is 11.6 Å². The molecule has 2 N–H and O–H groups in total. The van der Waals surface area contributed by atoms with Crippen LogP contribution in [-0.4, -0.2) is 42.1 Å². The number of para-hydroxylation sites is 1. The lowest BCUT2D eigenvalue weighted by Crippen LogP contribution is -2.59. The first-order chi connectivity index (χ1) is 13.9. The van der Waals surface area contributed by atoms with Gasteiger partial charge in [0.05, 0.1) is 31.2 Å². The first kappa shape index (κ1) is 19.2. The normalized spacial score (nSPS) is 28.5. The van der Waals surface area contributed by atoms with Crippen molar-refractivity contribution in [2.75, 3.05) is 18.6 Å². The van der Waals surface area contributed by atoms with Gasteiger partial charge in [0.15, 0.2) is 5.54 Å². The second kappa shape index (κ2) is 7.06. The Morgan fingerprint density at radius 2 is 1.90 bits per heavy atom. The summed E-state index contributed by atoms with van der Waals surface area (Å²) in [7, 11) is 1.14. The molecule has 29 heavy (non-hydrogen) atoms. The van der Waals surface area contributed by atoms with Crippen LogP contribution in [0.2, 0.25) is 0 Å². The number of aliphatic hydroxyl groups excluding tert-OH is 1. The molecular formula is C21H19FN2O5. The predicted molar refractivity (Wildman–Crippen MR) is 100 cm³/mol. The Balaban J connectivity index is 1.87. The Bertz CT molecular complexity index is 982. The molecule has 0 unspecified atom stereocenters. The van der Waals surface area contributed by atoms with Crippen molar-refractivity contribution in [1.82, 2.24) is 5.32 Å². The van der Waals surface area contributed by atoms with E-state index in [-0.39, 0.29) is 0 Å².